The van der Waals surface area contributed by atoms with Gasteiger partial charge in [0.15, 0.2) is 0 Å². The van der Waals surface area contributed by atoms with E-state index in [0.29, 0.717) is 10.6 Å². The first-order valence-corrected chi connectivity index (χ1v) is 7.22. The van der Waals surface area contributed by atoms with Crippen LogP contribution in [-0.4, -0.2) is 0 Å². The highest BCUT2D eigenvalue weighted by atomic mass is 79.9. The van der Waals surface area contributed by atoms with Crippen molar-refractivity contribution in [3.05, 3.63) is 44.8 Å². The first-order valence-electron chi connectivity index (χ1n) is 4.56. The lowest BCUT2D eigenvalue weighted by Crippen LogP contribution is -1.88. The monoisotopic (exact) mass is 317 g/mol. The maximum Gasteiger partial charge on any atom is 0.138 e. The van der Waals surface area contributed by atoms with Crippen LogP contribution in [0.4, 0.5) is 10.1 Å². The number of nitrogens with two attached hydrogens (primary N) is 1. The van der Waals surface area contributed by atoms with Gasteiger partial charge in [-0.15, -0.1) is 23.1 Å². The molecule has 16 heavy (non-hydrogen) atoms. The molecule has 84 valence electrons. The highest BCUT2D eigenvalue weighted by molar-refractivity contribution is 9.10. The Morgan fingerprint density at radius 1 is 1.38 bits per heavy atom. The molecular formula is C11H9BrFNS2. The van der Waals surface area contributed by atoms with Crippen molar-refractivity contribution in [2.45, 2.75) is 10.6 Å². The Morgan fingerprint density at radius 2 is 2.19 bits per heavy atom. The van der Waals surface area contributed by atoms with E-state index >= 15 is 0 Å². The molecule has 0 aliphatic rings. The molecule has 1 aromatic carbocycles. The summed E-state index contributed by atoms with van der Waals surface area (Å²) in [6.45, 7) is 0. The Balaban J connectivity index is 2.08. The molecule has 0 fully saturated rings. The lowest BCUT2D eigenvalue weighted by molar-refractivity contribution is 0.603. The normalized spacial score (nSPS) is 10.6. The van der Waals surface area contributed by atoms with Gasteiger partial charge in [-0.1, -0.05) is 0 Å². The topological polar surface area (TPSA) is 26.0 Å². The Morgan fingerprint density at radius 3 is 2.81 bits per heavy atom. The van der Waals surface area contributed by atoms with E-state index in [2.05, 4.69) is 15.9 Å². The second kappa shape index (κ2) is 5.21. The molecule has 2 N–H and O–H groups in total. The Labute approximate surface area is 110 Å². The summed E-state index contributed by atoms with van der Waals surface area (Å²) in [4.78, 5) is 1.84. The van der Waals surface area contributed by atoms with Crippen molar-refractivity contribution in [2.75, 3.05) is 5.73 Å². The fourth-order valence-corrected chi connectivity index (χ4v) is 3.92. The van der Waals surface area contributed by atoms with Crippen LogP contribution in [-0.2, 0) is 5.75 Å². The highest BCUT2D eigenvalue weighted by Gasteiger charge is 2.06. The van der Waals surface area contributed by atoms with Gasteiger partial charge in [0.05, 0.1) is 0 Å². The quantitative estimate of drug-likeness (QED) is 0.665. The molecule has 1 aromatic heterocycles. The van der Waals surface area contributed by atoms with Gasteiger partial charge >= 0.3 is 0 Å². The maximum absolute atomic E-state index is 13.5. The summed E-state index contributed by atoms with van der Waals surface area (Å²) >= 11 is 6.59. The first-order chi connectivity index (χ1) is 7.66. The van der Waals surface area contributed by atoms with Crippen LogP contribution in [0.5, 0.6) is 0 Å². The van der Waals surface area contributed by atoms with Crippen molar-refractivity contribution < 1.29 is 4.39 Å². The minimum Gasteiger partial charge on any atom is -0.399 e. The Hall–Kier alpha value is -0.520. The number of rotatable bonds is 3. The first kappa shape index (κ1) is 12.0. The number of nitrogen functional groups attached to an aromatic ring is 1. The van der Waals surface area contributed by atoms with Gasteiger partial charge in [0, 0.05) is 25.7 Å². The average molecular weight is 318 g/mol. The van der Waals surface area contributed by atoms with E-state index in [4.69, 9.17) is 5.73 Å². The van der Waals surface area contributed by atoms with Crippen molar-refractivity contribution >= 4 is 44.7 Å². The lowest BCUT2D eigenvalue weighted by atomic mass is 10.3. The van der Waals surface area contributed by atoms with E-state index in [1.165, 1.54) is 22.7 Å². The van der Waals surface area contributed by atoms with Crippen LogP contribution in [0.2, 0.25) is 0 Å². The molecule has 0 spiro atoms. The Bertz CT molecular complexity index is 498. The summed E-state index contributed by atoms with van der Waals surface area (Å²) in [5.74, 6) is 0.511. The van der Waals surface area contributed by atoms with E-state index in [0.717, 1.165) is 10.2 Å². The summed E-state index contributed by atoms with van der Waals surface area (Å²) in [6.07, 6.45) is 0. The fraction of sp³-hybridized carbons (Fsp3) is 0.0909. The van der Waals surface area contributed by atoms with Gasteiger partial charge in [-0.2, -0.15) is 0 Å². The minimum atomic E-state index is -0.252. The molecule has 0 aliphatic carbocycles. The van der Waals surface area contributed by atoms with Crippen molar-refractivity contribution in [3.63, 3.8) is 0 Å². The van der Waals surface area contributed by atoms with Gasteiger partial charge in [-0.3, -0.25) is 0 Å². The summed E-state index contributed by atoms with van der Waals surface area (Å²) < 4.78 is 14.6. The minimum absolute atomic E-state index is 0.252. The van der Waals surface area contributed by atoms with E-state index in [1.54, 1.807) is 23.5 Å². The van der Waals surface area contributed by atoms with Gasteiger partial charge in [-0.05, 0) is 45.6 Å². The van der Waals surface area contributed by atoms with Gasteiger partial charge in [-0.25, -0.2) is 4.39 Å². The van der Waals surface area contributed by atoms with Crippen molar-refractivity contribution in [2.24, 2.45) is 0 Å². The highest BCUT2D eigenvalue weighted by Crippen LogP contribution is 2.32. The molecule has 0 bridgehead atoms. The molecular weight excluding hydrogens is 309 g/mol. The van der Waals surface area contributed by atoms with Crippen molar-refractivity contribution in [3.8, 4) is 0 Å². The molecule has 0 atom stereocenters. The predicted octanol–water partition coefficient (Wildman–Crippen LogP) is 4.52. The zero-order valence-corrected chi connectivity index (χ0v) is 11.5. The van der Waals surface area contributed by atoms with Crippen LogP contribution in [0.25, 0.3) is 0 Å². The third-order valence-corrected chi connectivity index (χ3v) is 5.19. The van der Waals surface area contributed by atoms with Crippen molar-refractivity contribution in [1.29, 1.82) is 0 Å². The number of thioether (sulfide) groups is 1. The Kier molecular flexibility index (Phi) is 3.89. The molecule has 5 heteroatoms. The van der Waals surface area contributed by atoms with Crippen LogP contribution in [0.3, 0.4) is 0 Å². The number of halogens is 2. The lowest BCUT2D eigenvalue weighted by Gasteiger charge is -2.03. The summed E-state index contributed by atoms with van der Waals surface area (Å²) in [5, 5.41) is 2.01. The smallest absolute Gasteiger partial charge is 0.138 e. The molecule has 1 nitrogen and oxygen atoms in total. The standard InChI is InChI=1S/C11H9BrFNS2/c12-8-3-4-15-11(8)6-16-10-2-1-7(14)5-9(10)13/h1-5H,6,14H2. The van der Waals surface area contributed by atoms with E-state index in [9.17, 15) is 4.39 Å². The third kappa shape index (κ3) is 2.78. The fourth-order valence-electron chi connectivity index (χ4n) is 1.21. The van der Waals surface area contributed by atoms with Crippen LogP contribution < -0.4 is 5.73 Å². The zero-order valence-electron chi connectivity index (χ0n) is 8.24. The number of hydrogen-bond acceptors (Lipinski definition) is 3. The molecule has 0 saturated heterocycles. The second-order valence-corrected chi connectivity index (χ2v) is 6.04. The van der Waals surface area contributed by atoms with Gasteiger partial charge in [0.2, 0.25) is 0 Å². The van der Waals surface area contributed by atoms with Crippen LogP contribution in [0.15, 0.2) is 39.0 Å². The third-order valence-electron chi connectivity index (χ3n) is 2.01. The SMILES string of the molecule is Nc1ccc(SCc2sccc2Br)c(F)c1. The van der Waals surface area contributed by atoms with Gasteiger partial charge in [0.1, 0.15) is 5.82 Å². The zero-order chi connectivity index (χ0) is 11.5. The molecule has 0 aliphatic heterocycles. The number of benzene rings is 1. The number of anilines is 1. The van der Waals surface area contributed by atoms with E-state index < -0.39 is 0 Å². The molecule has 0 amide bonds. The molecule has 0 saturated carbocycles. The predicted molar refractivity (Wildman–Crippen MR) is 72.4 cm³/mol. The van der Waals surface area contributed by atoms with E-state index in [-0.39, 0.29) is 5.82 Å². The van der Waals surface area contributed by atoms with E-state index in [1.807, 2.05) is 11.4 Å². The van der Waals surface area contributed by atoms with Gasteiger partial charge in [0.25, 0.3) is 0 Å². The molecule has 2 rings (SSSR count). The van der Waals surface area contributed by atoms with Crippen molar-refractivity contribution in [1.82, 2.24) is 0 Å². The molecule has 1 heterocycles. The molecule has 0 radical (unpaired) electrons. The second-order valence-electron chi connectivity index (χ2n) is 3.17. The number of hydrogen-bond donors (Lipinski definition) is 1. The molecule has 0 unspecified atom stereocenters. The summed E-state index contributed by atoms with van der Waals surface area (Å²) in [5.41, 5.74) is 5.95. The van der Waals surface area contributed by atoms with Crippen LogP contribution in [0.1, 0.15) is 4.88 Å². The van der Waals surface area contributed by atoms with Crippen LogP contribution >= 0.6 is 39.0 Å². The summed E-state index contributed by atoms with van der Waals surface area (Å²) in [6, 6.07) is 6.79. The number of thiophene rings is 1. The van der Waals surface area contributed by atoms with Gasteiger partial charge < -0.3 is 5.73 Å². The summed E-state index contributed by atoms with van der Waals surface area (Å²) in [7, 11) is 0. The van der Waals surface area contributed by atoms with Crippen LogP contribution in [0, 0.1) is 5.82 Å². The molecule has 2 aromatic rings. The largest absolute Gasteiger partial charge is 0.399 e. The average Bonchev–Trinajstić information content (AvgIpc) is 2.63. The maximum atomic E-state index is 13.5.